The average Bonchev–Trinajstić information content (AvgIpc) is 3.10. The molecule has 2 fully saturated rings. The van der Waals surface area contributed by atoms with Gasteiger partial charge in [0, 0.05) is 36.9 Å². The zero-order valence-electron chi connectivity index (χ0n) is 17.0. The van der Waals surface area contributed by atoms with Crippen LogP contribution < -0.4 is 5.32 Å². The Labute approximate surface area is 169 Å². The Kier molecular flexibility index (Phi) is 4.08. The highest BCUT2D eigenvalue weighted by Gasteiger charge is 2.39. The van der Waals surface area contributed by atoms with Gasteiger partial charge in [-0.3, -0.25) is 9.78 Å². The first kappa shape index (κ1) is 18.1. The minimum atomic E-state index is -0.0110. The summed E-state index contributed by atoms with van der Waals surface area (Å²) in [5.41, 5.74) is 3.43. The quantitative estimate of drug-likeness (QED) is 0.728. The van der Waals surface area contributed by atoms with Crippen molar-refractivity contribution in [3.05, 3.63) is 47.2 Å². The van der Waals surface area contributed by atoms with Crippen molar-refractivity contribution in [2.45, 2.75) is 51.5 Å². The first-order chi connectivity index (χ1) is 13.9. The second-order valence-electron chi connectivity index (χ2n) is 8.65. The lowest BCUT2D eigenvalue weighted by Gasteiger charge is -2.18. The van der Waals surface area contributed by atoms with Crippen LogP contribution in [0.2, 0.25) is 0 Å². The summed E-state index contributed by atoms with van der Waals surface area (Å²) in [6, 6.07) is 2.16. The number of hydrogen-bond acceptors (Lipinski definition) is 6. The van der Waals surface area contributed by atoms with E-state index < -0.39 is 0 Å². The number of aryl methyl sites for hydroxylation is 2. The zero-order valence-corrected chi connectivity index (χ0v) is 17.0. The Bertz CT molecular complexity index is 1100. The fourth-order valence-corrected chi connectivity index (χ4v) is 4.17. The van der Waals surface area contributed by atoms with Crippen molar-refractivity contribution in [2.24, 2.45) is 0 Å². The molecule has 0 bridgehead atoms. The number of fused-ring (bicyclic) bond motifs is 1. The van der Waals surface area contributed by atoms with Gasteiger partial charge in [0.1, 0.15) is 17.9 Å². The van der Waals surface area contributed by atoms with Gasteiger partial charge in [-0.2, -0.15) is 0 Å². The number of furan rings is 1. The van der Waals surface area contributed by atoms with Crippen molar-refractivity contribution in [1.29, 1.82) is 0 Å². The van der Waals surface area contributed by atoms with Gasteiger partial charge in [0.2, 0.25) is 5.71 Å². The van der Waals surface area contributed by atoms with Gasteiger partial charge in [0.15, 0.2) is 0 Å². The molecule has 3 aromatic heterocycles. The summed E-state index contributed by atoms with van der Waals surface area (Å²) in [6.07, 6.45) is 8.39. The van der Waals surface area contributed by atoms with Gasteiger partial charge in [-0.05, 0) is 51.2 Å². The molecule has 1 saturated carbocycles. The fourth-order valence-electron chi connectivity index (χ4n) is 4.17. The molecule has 29 heavy (non-hydrogen) atoms. The van der Waals surface area contributed by atoms with E-state index in [1.165, 1.54) is 11.9 Å². The summed E-state index contributed by atoms with van der Waals surface area (Å²) < 4.78 is 5.83. The monoisotopic (exact) mass is 391 g/mol. The van der Waals surface area contributed by atoms with E-state index in [2.05, 4.69) is 33.3 Å². The van der Waals surface area contributed by atoms with Crippen LogP contribution in [0.4, 0.5) is 5.82 Å². The number of nitrogens with zero attached hydrogens (tertiary/aromatic N) is 4. The number of hydrogen-bond donors (Lipinski definition) is 1. The number of aromatic nitrogens is 3. The van der Waals surface area contributed by atoms with Gasteiger partial charge in [-0.15, -0.1) is 0 Å². The lowest BCUT2D eigenvalue weighted by atomic mass is 9.99. The highest BCUT2D eigenvalue weighted by molar-refractivity contribution is 6.10. The van der Waals surface area contributed by atoms with E-state index in [0.29, 0.717) is 40.7 Å². The van der Waals surface area contributed by atoms with Crippen LogP contribution in [0.3, 0.4) is 0 Å². The second-order valence-corrected chi connectivity index (χ2v) is 8.65. The highest BCUT2D eigenvalue weighted by Crippen LogP contribution is 2.40. The largest absolute Gasteiger partial charge is 0.442 e. The van der Waals surface area contributed by atoms with E-state index in [4.69, 9.17) is 4.42 Å². The van der Waals surface area contributed by atoms with Crippen molar-refractivity contribution >= 4 is 22.8 Å². The number of anilines is 1. The van der Waals surface area contributed by atoms with Gasteiger partial charge in [-0.1, -0.05) is 6.07 Å². The number of likely N-dealkylation sites (tertiary alicyclic amines) is 1. The summed E-state index contributed by atoms with van der Waals surface area (Å²) >= 11 is 0. The van der Waals surface area contributed by atoms with Crippen molar-refractivity contribution in [3.63, 3.8) is 0 Å². The number of rotatable bonds is 4. The highest BCUT2D eigenvalue weighted by atomic mass is 16.3. The van der Waals surface area contributed by atoms with Gasteiger partial charge in [-0.25, -0.2) is 9.97 Å². The van der Waals surface area contributed by atoms with Crippen molar-refractivity contribution in [1.82, 2.24) is 19.9 Å². The maximum Gasteiger partial charge on any atom is 0.258 e. The summed E-state index contributed by atoms with van der Waals surface area (Å²) in [5, 5.41) is 4.18. The van der Waals surface area contributed by atoms with E-state index in [0.717, 1.165) is 31.4 Å². The SMILES string of the molecule is Cc1cncc(C2CCN(C(=O)c3c(C)oc4ncnc(NC5(C)CC5)c34)C2)c1. The first-order valence-corrected chi connectivity index (χ1v) is 10.2. The van der Waals surface area contributed by atoms with Crippen LogP contribution in [0.1, 0.15) is 59.3 Å². The number of carbonyl (C=O) groups excluding carboxylic acids is 1. The minimum absolute atomic E-state index is 0.0110. The van der Waals surface area contributed by atoms with E-state index in [9.17, 15) is 4.79 Å². The van der Waals surface area contributed by atoms with E-state index in [-0.39, 0.29) is 11.4 Å². The molecule has 150 valence electrons. The molecule has 1 aliphatic heterocycles. The van der Waals surface area contributed by atoms with Gasteiger partial charge < -0.3 is 14.6 Å². The van der Waals surface area contributed by atoms with Crippen LogP contribution >= 0.6 is 0 Å². The topological polar surface area (TPSA) is 84.2 Å². The number of pyridine rings is 1. The second kappa shape index (κ2) is 6.54. The molecule has 7 nitrogen and oxygen atoms in total. The zero-order chi connectivity index (χ0) is 20.2. The molecule has 4 heterocycles. The van der Waals surface area contributed by atoms with Crippen LogP contribution in [-0.4, -0.2) is 44.4 Å². The van der Waals surface area contributed by atoms with E-state index in [1.54, 1.807) is 0 Å². The van der Waals surface area contributed by atoms with Crippen LogP contribution in [0, 0.1) is 13.8 Å². The Morgan fingerprint density at radius 2 is 2.10 bits per heavy atom. The normalized spacial score (nSPS) is 20.2. The maximum atomic E-state index is 13.5. The molecule has 1 unspecified atom stereocenters. The van der Waals surface area contributed by atoms with Crippen LogP contribution in [0.5, 0.6) is 0 Å². The molecule has 7 heteroatoms. The maximum absolute atomic E-state index is 13.5. The van der Waals surface area contributed by atoms with E-state index in [1.807, 2.05) is 31.1 Å². The lowest BCUT2D eigenvalue weighted by Crippen LogP contribution is -2.29. The molecule has 5 rings (SSSR count). The van der Waals surface area contributed by atoms with Gasteiger partial charge >= 0.3 is 0 Å². The van der Waals surface area contributed by atoms with Gasteiger partial charge in [0.25, 0.3) is 5.91 Å². The van der Waals surface area contributed by atoms with E-state index >= 15 is 0 Å². The molecule has 1 atom stereocenters. The molecular weight excluding hydrogens is 366 g/mol. The predicted molar refractivity (Wildman–Crippen MR) is 110 cm³/mol. The number of nitrogens with one attached hydrogen (secondary N) is 1. The summed E-state index contributed by atoms with van der Waals surface area (Å²) in [4.78, 5) is 28.4. The lowest BCUT2D eigenvalue weighted by molar-refractivity contribution is 0.0790. The van der Waals surface area contributed by atoms with Crippen LogP contribution in [0.15, 0.2) is 29.2 Å². The molecule has 0 aromatic carbocycles. The first-order valence-electron chi connectivity index (χ1n) is 10.2. The third-order valence-corrected chi connectivity index (χ3v) is 6.14. The van der Waals surface area contributed by atoms with Crippen LogP contribution in [0.25, 0.3) is 11.1 Å². The molecule has 1 amide bonds. The summed E-state index contributed by atoms with van der Waals surface area (Å²) in [7, 11) is 0. The summed E-state index contributed by atoms with van der Waals surface area (Å²) in [5.74, 6) is 1.58. The Hall–Kier alpha value is -2.96. The van der Waals surface area contributed by atoms with Crippen molar-refractivity contribution in [2.75, 3.05) is 18.4 Å². The van der Waals surface area contributed by atoms with Crippen molar-refractivity contribution < 1.29 is 9.21 Å². The predicted octanol–water partition coefficient (Wildman–Crippen LogP) is 3.83. The molecule has 0 spiro atoms. The van der Waals surface area contributed by atoms with Crippen LogP contribution in [-0.2, 0) is 0 Å². The third kappa shape index (κ3) is 3.24. The smallest absolute Gasteiger partial charge is 0.258 e. The fraction of sp³-hybridized carbons (Fsp3) is 0.455. The Balaban J connectivity index is 1.46. The Morgan fingerprint density at radius 3 is 2.86 bits per heavy atom. The standard InChI is InChI=1S/C22H25N5O2/c1-13-8-16(10-23-9-13)15-4-7-27(11-15)21(28)17-14(2)29-20-18(17)19(24-12-25-20)26-22(3)5-6-22/h8-10,12,15H,4-7,11H2,1-3H3,(H,24,25,26). The number of carbonyl (C=O) groups is 1. The molecule has 1 saturated heterocycles. The molecule has 3 aromatic rings. The number of amides is 1. The third-order valence-electron chi connectivity index (χ3n) is 6.14. The average molecular weight is 391 g/mol. The minimum Gasteiger partial charge on any atom is -0.442 e. The van der Waals surface area contributed by atoms with Gasteiger partial charge in [0.05, 0.1) is 10.9 Å². The van der Waals surface area contributed by atoms with Crippen molar-refractivity contribution in [3.8, 4) is 0 Å². The molecule has 2 aliphatic rings. The summed E-state index contributed by atoms with van der Waals surface area (Å²) in [6.45, 7) is 7.44. The molecular formula is C22H25N5O2. The molecule has 1 aliphatic carbocycles. The molecule has 0 radical (unpaired) electrons. The molecule has 1 N–H and O–H groups in total. The Morgan fingerprint density at radius 1 is 1.28 bits per heavy atom.